The lowest BCUT2D eigenvalue weighted by Crippen LogP contribution is -2.48. The van der Waals surface area contributed by atoms with E-state index in [1.807, 2.05) is 29.3 Å². The number of rotatable bonds is 5. The second-order valence-electron chi connectivity index (χ2n) is 7.20. The number of hydrogen-bond acceptors (Lipinski definition) is 3. The number of nitrogens with two attached hydrogens (primary N) is 1. The zero-order valence-corrected chi connectivity index (χ0v) is 17.1. The monoisotopic (exact) mass is 400 g/mol. The molecule has 0 unspecified atom stereocenters. The molecule has 2 heterocycles. The number of nitrogens with zero attached hydrogens (tertiary/aromatic N) is 2. The van der Waals surface area contributed by atoms with Crippen molar-refractivity contribution in [3.63, 3.8) is 0 Å². The molecule has 1 atom stereocenters. The number of benzene rings is 1. The first-order valence-corrected chi connectivity index (χ1v) is 8.78. The second-order valence-corrected chi connectivity index (χ2v) is 7.20. The van der Waals surface area contributed by atoms with Crippen LogP contribution in [0.2, 0.25) is 0 Å². The first kappa shape index (κ1) is 22.8. The van der Waals surface area contributed by atoms with E-state index in [4.69, 9.17) is 5.73 Å². The maximum Gasteiger partial charge on any atom is 0.239 e. The fraction of sp³-hybridized carbons (Fsp3) is 0.526. The van der Waals surface area contributed by atoms with Gasteiger partial charge in [0.05, 0.1) is 6.04 Å². The molecule has 1 aromatic heterocycles. The molecular weight excluding hydrogens is 371 g/mol. The summed E-state index contributed by atoms with van der Waals surface area (Å²) in [4.78, 5) is 20.1. The number of para-hydroxylation sites is 1. The number of aromatic nitrogens is 1. The van der Waals surface area contributed by atoms with E-state index in [1.54, 1.807) is 0 Å². The van der Waals surface area contributed by atoms with Gasteiger partial charge in [0.2, 0.25) is 5.91 Å². The lowest BCUT2D eigenvalue weighted by atomic mass is 9.95. The minimum atomic E-state index is -0.463. The molecule has 3 rings (SSSR count). The van der Waals surface area contributed by atoms with Crippen molar-refractivity contribution in [3.8, 4) is 0 Å². The van der Waals surface area contributed by atoms with E-state index in [0.29, 0.717) is 12.3 Å². The maximum absolute atomic E-state index is 12.7. The number of H-pyrrole nitrogens is 1. The summed E-state index contributed by atoms with van der Waals surface area (Å²) in [6.07, 6.45) is 4.70. The molecule has 0 saturated carbocycles. The number of amides is 1. The highest BCUT2D eigenvalue weighted by Crippen LogP contribution is 2.21. The Morgan fingerprint density at radius 3 is 2.58 bits per heavy atom. The van der Waals surface area contributed by atoms with E-state index in [0.717, 1.165) is 48.9 Å². The summed E-state index contributed by atoms with van der Waals surface area (Å²) in [6.45, 7) is 2.77. The summed E-state index contributed by atoms with van der Waals surface area (Å²) in [7, 11) is 4.21. The van der Waals surface area contributed by atoms with E-state index in [-0.39, 0.29) is 30.7 Å². The van der Waals surface area contributed by atoms with Gasteiger partial charge in [-0.1, -0.05) is 18.2 Å². The molecule has 26 heavy (non-hydrogen) atoms. The van der Waals surface area contributed by atoms with Crippen LogP contribution in [0.5, 0.6) is 0 Å². The lowest BCUT2D eigenvalue weighted by Gasteiger charge is -2.34. The highest BCUT2D eigenvalue weighted by Gasteiger charge is 2.27. The smallest absolute Gasteiger partial charge is 0.239 e. The molecule has 0 radical (unpaired) electrons. The summed E-state index contributed by atoms with van der Waals surface area (Å²) in [5.74, 6) is 0.775. The van der Waals surface area contributed by atoms with Crippen molar-refractivity contribution < 1.29 is 4.79 Å². The Kier molecular flexibility index (Phi) is 8.90. The number of hydrogen-bond donors (Lipinski definition) is 2. The molecule has 7 heteroatoms. The SMILES string of the molecule is CN(C)CC1CCN(C(=O)[C@@H](N)Cc2c[nH]c3ccccc23)CC1.Cl.Cl. The Morgan fingerprint density at radius 1 is 1.27 bits per heavy atom. The van der Waals surface area contributed by atoms with Crippen LogP contribution >= 0.6 is 24.8 Å². The minimum absolute atomic E-state index is 0. The normalized spacial score (nSPS) is 16.2. The van der Waals surface area contributed by atoms with E-state index in [2.05, 4.69) is 30.0 Å². The Labute approximate surface area is 168 Å². The largest absolute Gasteiger partial charge is 0.361 e. The summed E-state index contributed by atoms with van der Waals surface area (Å²) in [5.41, 5.74) is 8.45. The van der Waals surface area contributed by atoms with Crippen molar-refractivity contribution in [1.29, 1.82) is 0 Å². The quantitative estimate of drug-likeness (QED) is 0.810. The molecule has 1 amide bonds. The Bertz CT molecular complexity index is 696. The molecule has 0 bridgehead atoms. The molecule has 1 aliphatic heterocycles. The summed E-state index contributed by atoms with van der Waals surface area (Å²) in [6, 6.07) is 7.68. The molecule has 1 saturated heterocycles. The Morgan fingerprint density at radius 2 is 1.92 bits per heavy atom. The first-order chi connectivity index (χ1) is 11.5. The van der Waals surface area contributed by atoms with Crippen LogP contribution < -0.4 is 5.73 Å². The molecule has 146 valence electrons. The summed E-state index contributed by atoms with van der Waals surface area (Å²) < 4.78 is 0. The number of nitrogens with one attached hydrogen (secondary N) is 1. The van der Waals surface area contributed by atoms with Gasteiger partial charge in [-0.15, -0.1) is 24.8 Å². The third-order valence-corrected chi connectivity index (χ3v) is 4.98. The molecule has 0 spiro atoms. The molecule has 5 nitrogen and oxygen atoms in total. The molecule has 0 aliphatic carbocycles. The van der Waals surface area contributed by atoms with Crippen molar-refractivity contribution >= 4 is 41.6 Å². The third-order valence-electron chi connectivity index (χ3n) is 4.98. The van der Waals surface area contributed by atoms with Gasteiger partial charge in [0.1, 0.15) is 0 Å². The van der Waals surface area contributed by atoms with Crippen molar-refractivity contribution in [2.45, 2.75) is 25.3 Å². The van der Waals surface area contributed by atoms with Crippen molar-refractivity contribution in [2.75, 3.05) is 33.7 Å². The van der Waals surface area contributed by atoms with Crippen LogP contribution in [0.3, 0.4) is 0 Å². The molecule has 1 fully saturated rings. The minimum Gasteiger partial charge on any atom is -0.361 e. The number of carbonyl (C=O) groups excluding carboxylic acids is 1. The average molecular weight is 401 g/mol. The fourth-order valence-corrected chi connectivity index (χ4v) is 3.71. The van der Waals surface area contributed by atoms with Crippen LogP contribution in [0.25, 0.3) is 10.9 Å². The topological polar surface area (TPSA) is 65.4 Å². The van der Waals surface area contributed by atoms with Gasteiger partial charge >= 0.3 is 0 Å². The van der Waals surface area contributed by atoms with E-state index >= 15 is 0 Å². The molecular formula is C19H30Cl2N4O. The fourth-order valence-electron chi connectivity index (χ4n) is 3.71. The van der Waals surface area contributed by atoms with Gasteiger partial charge in [-0.2, -0.15) is 0 Å². The van der Waals surface area contributed by atoms with Gasteiger partial charge in [-0.3, -0.25) is 4.79 Å². The molecule has 1 aromatic carbocycles. The summed E-state index contributed by atoms with van der Waals surface area (Å²) in [5, 5.41) is 1.16. The molecule has 2 aromatic rings. The Hall–Kier alpha value is -1.27. The van der Waals surface area contributed by atoms with Gasteiger partial charge in [0.15, 0.2) is 0 Å². The molecule has 3 N–H and O–H groups in total. The van der Waals surface area contributed by atoms with Crippen LogP contribution in [0.15, 0.2) is 30.5 Å². The zero-order chi connectivity index (χ0) is 17.1. The van der Waals surface area contributed by atoms with Gasteiger partial charge in [0.25, 0.3) is 0 Å². The zero-order valence-electron chi connectivity index (χ0n) is 15.5. The number of aromatic amines is 1. The van der Waals surface area contributed by atoms with E-state index in [9.17, 15) is 4.79 Å². The van der Waals surface area contributed by atoms with Crippen molar-refractivity contribution in [2.24, 2.45) is 11.7 Å². The first-order valence-electron chi connectivity index (χ1n) is 8.78. The van der Waals surface area contributed by atoms with Gasteiger partial charge < -0.3 is 20.5 Å². The standard InChI is InChI=1S/C19H28N4O.2ClH/c1-22(2)13-14-7-9-23(10-8-14)19(24)17(20)11-15-12-21-18-6-4-3-5-16(15)18;;/h3-6,12,14,17,21H,7-11,13,20H2,1-2H3;2*1H/t17-;;/m0../s1. The number of piperidine rings is 1. The van der Waals surface area contributed by atoms with Crippen LogP contribution in [0.4, 0.5) is 0 Å². The van der Waals surface area contributed by atoms with Crippen LogP contribution in [-0.2, 0) is 11.2 Å². The highest BCUT2D eigenvalue weighted by atomic mass is 35.5. The van der Waals surface area contributed by atoms with Crippen molar-refractivity contribution in [1.82, 2.24) is 14.8 Å². The second kappa shape index (κ2) is 10.2. The van der Waals surface area contributed by atoms with Gasteiger partial charge in [-0.25, -0.2) is 0 Å². The maximum atomic E-state index is 12.7. The van der Waals surface area contributed by atoms with E-state index < -0.39 is 6.04 Å². The number of fused-ring (bicyclic) bond motifs is 1. The van der Waals surface area contributed by atoms with Gasteiger partial charge in [0, 0.05) is 36.7 Å². The lowest BCUT2D eigenvalue weighted by molar-refractivity contribution is -0.134. The van der Waals surface area contributed by atoms with E-state index in [1.165, 1.54) is 0 Å². The van der Waals surface area contributed by atoms with Crippen molar-refractivity contribution in [3.05, 3.63) is 36.0 Å². The van der Waals surface area contributed by atoms with Crippen LogP contribution in [0, 0.1) is 5.92 Å². The highest BCUT2D eigenvalue weighted by molar-refractivity contribution is 5.86. The number of carbonyl (C=O) groups is 1. The van der Waals surface area contributed by atoms with Crippen LogP contribution in [-0.4, -0.2) is 60.5 Å². The Balaban J connectivity index is 0.00000169. The predicted molar refractivity (Wildman–Crippen MR) is 112 cm³/mol. The number of halogens is 2. The molecule has 1 aliphatic rings. The average Bonchev–Trinajstić information content (AvgIpc) is 2.97. The summed E-state index contributed by atoms with van der Waals surface area (Å²) >= 11 is 0. The predicted octanol–water partition coefficient (Wildman–Crippen LogP) is 2.68. The number of likely N-dealkylation sites (tertiary alicyclic amines) is 1. The third kappa shape index (κ3) is 5.36. The van der Waals surface area contributed by atoms with Crippen LogP contribution in [0.1, 0.15) is 18.4 Å². The van der Waals surface area contributed by atoms with Gasteiger partial charge in [-0.05, 0) is 50.9 Å².